The van der Waals surface area contributed by atoms with Crippen molar-refractivity contribution in [3.8, 4) is 5.75 Å². The van der Waals surface area contributed by atoms with Crippen LogP contribution in [0, 0.1) is 12.8 Å². The molecule has 3 heterocycles. The largest absolute Gasteiger partial charge is 0.493 e. The molecule has 0 spiro atoms. The number of aromatic nitrogens is 2. The standard InChI is InChI=1S/C19H25N3O2/c1-14-20-19(21-24-14)16-6-9-22(10-7-16)13-15-8-11-23-18-5-3-2-4-17(18)12-15/h2-5,15-16H,6-13H2,1H3/t15-/m1/s1. The van der Waals surface area contributed by atoms with E-state index >= 15 is 0 Å². The van der Waals surface area contributed by atoms with Crippen LogP contribution in [0.25, 0.3) is 0 Å². The number of piperidine rings is 1. The molecule has 5 heteroatoms. The van der Waals surface area contributed by atoms with Crippen molar-refractivity contribution in [2.24, 2.45) is 5.92 Å². The van der Waals surface area contributed by atoms with E-state index in [9.17, 15) is 0 Å². The van der Waals surface area contributed by atoms with Gasteiger partial charge in [0.05, 0.1) is 6.61 Å². The van der Waals surface area contributed by atoms with Gasteiger partial charge < -0.3 is 14.2 Å². The third-order valence-electron chi connectivity index (χ3n) is 5.28. The van der Waals surface area contributed by atoms with Gasteiger partial charge in [-0.15, -0.1) is 0 Å². The van der Waals surface area contributed by atoms with E-state index in [0.717, 1.165) is 63.5 Å². The van der Waals surface area contributed by atoms with Crippen LogP contribution in [0.2, 0.25) is 0 Å². The number of benzene rings is 1. The molecule has 0 aliphatic carbocycles. The second kappa shape index (κ2) is 6.93. The first-order chi connectivity index (χ1) is 11.8. The lowest BCUT2D eigenvalue weighted by molar-refractivity contribution is 0.169. The fourth-order valence-corrected chi connectivity index (χ4v) is 3.94. The molecular weight excluding hydrogens is 302 g/mol. The van der Waals surface area contributed by atoms with Gasteiger partial charge in [0.25, 0.3) is 0 Å². The average Bonchev–Trinajstić information content (AvgIpc) is 2.93. The molecule has 24 heavy (non-hydrogen) atoms. The average molecular weight is 327 g/mol. The number of hydrogen-bond acceptors (Lipinski definition) is 5. The number of nitrogens with zero attached hydrogens (tertiary/aromatic N) is 3. The zero-order valence-electron chi connectivity index (χ0n) is 14.3. The van der Waals surface area contributed by atoms with Crippen LogP contribution in [-0.2, 0) is 6.42 Å². The molecule has 128 valence electrons. The Balaban J connectivity index is 1.32. The summed E-state index contributed by atoms with van der Waals surface area (Å²) < 4.78 is 11.0. The fraction of sp³-hybridized carbons (Fsp3) is 0.579. The monoisotopic (exact) mass is 327 g/mol. The van der Waals surface area contributed by atoms with Gasteiger partial charge in [-0.2, -0.15) is 4.98 Å². The van der Waals surface area contributed by atoms with Crippen LogP contribution in [0.5, 0.6) is 5.75 Å². The van der Waals surface area contributed by atoms with E-state index in [4.69, 9.17) is 9.26 Å². The lowest BCUT2D eigenvalue weighted by Crippen LogP contribution is -2.37. The number of hydrogen-bond donors (Lipinski definition) is 0. The first kappa shape index (κ1) is 15.6. The second-order valence-corrected chi connectivity index (χ2v) is 7.06. The molecule has 0 unspecified atom stereocenters. The molecule has 2 aromatic rings. The number of aryl methyl sites for hydroxylation is 1. The summed E-state index contributed by atoms with van der Waals surface area (Å²) >= 11 is 0. The number of rotatable bonds is 3. The van der Waals surface area contributed by atoms with E-state index in [1.165, 1.54) is 5.56 Å². The highest BCUT2D eigenvalue weighted by molar-refractivity contribution is 5.34. The summed E-state index contributed by atoms with van der Waals surface area (Å²) in [6.07, 6.45) is 4.51. The lowest BCUT2D eigenvalue weighted by atomic mass is 9.92. The van der Waals surface area contributed by atoms with Crippen LogP contribution in [0.15, 0.2) is 28.8 Å². The van der Waals surface area contributed by atoms with Gasteiger partial charge >= 0.3 is 0 Å². The molecule has 0 amide bonds. The van der Waals surface area contributed by atoms with E-state index in [0.29, 0.717) is 17.7 Å². The molecule has 1 fully saturated rings. The third-order valence-corrected chi connectivity index (χ3v) is 5.28. The maximum Gasteiger partial charge on any atom is 0.223 e. The van der Waals surface area contributed by atoms with Gasteiger partial charge in [-0.1, -0.05) is 23.4 Å². The van der Waals surface area contributed by atoms with Crippen LogP contribution in [-0.4, -0.2) is 41.3 Å². The van der Waals surface area contributed by atoms with Crippen molar-refractivity contribution in [1.82, 2.24) is 15.0 Å². The number of ether oxygens (including phenoxy) is 1. The van der Waals surface area contributed by atoms with E-state index in [-0.39, 0.29) is 0 Å². The van der Waals surface area contributed by atoms with Gasteiger partial charge in [0.2, 0.25) is 5.89 Å². The minimum atomic E-state index is 0.455. The predicted molar refractivity (Wildman–Crippen MR) is 91.2 cm³/mol. The van der Waals surface area contributed by atoms with Crippen molar-refractivity contribution in [2.75, 3.05) is 26.2 Å². The summed E-state index contributed by atoms with van der Waals surface area (Å²) in [5, 5.41) is 4.10. The summed E-state index contributed by atoms with van der Waals surface area (Å²) in [6.45, 7) is 6.10. The van der Waals surface area contributed by atoms with Gasteiger partial charge in [0.1, 0.15) is 5.75 Å². The molecule has 1 atom stereocenters. The molecule has 2 aliphatic heterocycles. The molecule has 2 aliphatic rings. The molecule has 0 N–H and O–H groups in total. The normalized spacial score (nSPS) is 22.6. The third kappa shape index (κ3) is 3.46. The summed E-state index contributed by atoms with van der Waals surface area (Å²) in [5.41, 5.74) is 1.36. The fourth-order valence-electron chi connectivity index (χ4n) is 3.94. The minimum Gasteiger partial charge on any atom is -0.493 e. The van der Waals surface area contributed by atoms with Gasteiger partial charge in [0.15, 0.2) is 5.82 Å². The van der Waals surface area contributed by atoms with Crippen molar-refractivity contribution in [3.63, 3.8) is 0 Å². The Bertz CT molecular complexity index is 677. The van der Waals surface area contributed by atoms with Crippen LogP contribution in [0.3, 0.4) is 0 Å². The van der Waals surface area contributed by atoms with Gasteiger partial charge in [-0.3, -0.25) is 0 Å². The summed E-state index contributed by atoms with van der Waals surface area (Å²) in [6, 6.07) is 8.47. The van der Waals surface area contributed by atoms with Gasteiger partial charge in [-0.05, 0) is 56.3 Å². The molecular formula is C19H25N3O2. The van der Waals surface area contributed by atoms with E-state index in [2.05, 4.69) is 39.3 Å². The van der Waals surface area contributed by atoms with E-state index < -0.39 is 0 Å². The van der Waals surface area contributed by atoms with Crippen LogP contribution < -0.4 is 4.74 Å². The first-order valence-electron chi connectivity index (χ1n) is 9.01. The van der Waals surface area contributed by atoms with E-state index in [1.54, 1.807) is 0 Å². The van der Waals surface area contributed by atoms with Crippen molar-refractivity contribution in [2.45, 2.75) is 38.5 Å². The quantitative estimate of drug-likeness (QED) is 0.866. The van der Waals surface area contributed by atoms with Crippen molar-refractivity contribution in [1.29, 1.82) is 0 Å². The smallest absolute Gasteiger partial charge is 0.223 e. The Morgan fingerprint density at radius 2 is 2.00 bits per heavy atom. The molecule has 1 aromatic heterocycles. The molecule has 0 bridgehead atoms. The highest BCUT2D eigenvalue weighted by Crippen LogP contribution is 2.30. The Morgan fingerprint density at radius 1 is 1.17 bits per heavy atom. The van der Waals surface area contributed by atoms with Crippen molar-refractivity contribution >= 4 is 0 Å². The second-order valence-electron chi connectivity index (χ2n) is 7.06. The minimum absolute atomic E-state index is 0.455. The lowest BCUT2D eigenvalue weighted by Gasteiger charge is -2.33. The van der Waals surface area contributed by atoms with Crippen molar-refractivity contribution < 1.29 is 9.26 Å². The van der Waals surface area contributed by atoms with Gasteiger partial charge in [-0.25, -0.2) is 0 Å². The van der Waals surface area contributed by atoms with Gasteiger partial charge in [0, 0.05) is 19.4 Å². The summed E-state index contributed by atoms with van der Waals surface area (Å²) in [7, 11) is 0. The Hall–Kier alpha value is -1.88. The van der Waals surface area contributed by atoms with E-state index in [1.807, 2.05) is 6.92 Å². The zero-order chi connectivity index (χ0) is 16.4. The summed E-state index contributed by atoms with van der Waals surface area (Å²) in [5.74, 6) is 3.77. The molecule has 4 rings (SSSR count). The van der Waals surface area contributed by atoms with Crippen LogP contribution >= 0.6 is 0 Å². The predicted octanol–water partition coefficient (Wildman–Crippen LogP) is 3.20. The van der Waals surface area contributed by atoms with Crippen LogP contribution in [0.4, 0.5) is 0 Å². The Labute approximate surface area is 143 Å². The number of likely N-dealkylation sites (tertiary alicyclic amines) is 1. The van der Waals surface area contributed by atoms with Crippen molar-refractivity contribution in [3.05, 3.63) is 41.5 Å². The highest BCUT2D eigenvalue weighted by atomic mass is 16.5. The zero-order valence-corrected chi connectivity index (χ0v) is 14.3. The first-order valence-corrected chi connectivity index (χ1v) is 9.01. The Kier molecular flexibility index (Phi) is 4.52. The molecule has 0 saturated carbocycles. The van der Waals surface area contributed by atoms with Crippen LogP contribution in [0.1, 0.15) is 42.5 Å². The SMILES string of the molecule is Cc1nc(C2CCN(C[C@@H]3CCOc4ccccc4C3)CC2)no1. The topological polar surface area (TPSA) is 51.4 Å². The maximum absolute atomic E-state index is 5.90. The summed E-state index contributed by atoms with van der Waals surface area (Å²) in [4.78, 5) is 7.00. The molecule has 5 nitrogen and oxygen atoms in total. The maximum atomic E-state index is 5.90. The molecule has 1 aromatic carbocycles. The number of para-hydroxylation sites is 1. The molecule has 1 saturated heterocycles. The Morgan fingerprint density at radius 3 is 2.79 bits per heavy atom. The molecule has 0 radical (unpaired) electrons. The highest BCUT2D eigenvalue weighted by Gasteiger charge is 2.26. The number of fused-ring (bicyclic) bond motifs is 1.